The van der Waals surface area contributed by atoms with Crippen molar-refractivity contribution in [2.45, 2.75) is 12.0 Å². The summed E-state index contributed by atoms with van der Waals surface area (Å²) < 4.78 is 0. The lowest BCUT2D eigenvalue weighted by Crippen LogP contribution is -2.34. The first-order chi connectivity index (χ1) is 7.27. The van der Waals surface area contributed by atoms with Crippen LogP contribution in [0.25, 0.3) is 0 Å². The number of halogens is 3. The molecule has 1 aromatic carbocycles. The number of hydrogen-bond donors (Lipinski definition) is 2. The van der Waals surface area contributed by atoms with E-state index in [0.717, 1.165) is 24.4 Å². The van der Waals surface area contributed by atoms with Crippen molar-refractivity contribution in [1.82, 2.24) is 10.6 Å². The van der Waals surface area contributed by atoms with E-state index in [1.54, 1.807) is 6.07 Å². The Bertz CT molecular complexity index is 343. The maximum absolute atomic E-state index is 6.08. The van der Waals surface area contributed by atoms with Crippen LogP contribution in [-0.4, -0.2) is 17.8 Å². The van der Waals surface area contributed by atoms with Crippen LogP contribution >= 0.6 is 47.4 Å². The second-order valence-electron chi connectivity index (χ2n) is 3.30. The van der Waals surface area contributed by atoms with E-state index in [-0.39, 0.29) is 12.4 Å². The molecular weight excluding hydrogens is 287 g/mol. The van der Waals surface area contributed by atoms with Crippen molar-refractivity contribution < 1.29 is 0 Å². The van der Waals surface area contributed by atoms with Crippen LogP contribution < -0.4 is 10.6 Å². The Hall–Kier alpha value is 0.360. The monoisotopic (exact) mass is 298 g/mol. The van der Waals surface area contributed by atoms with Gasteiger partial charge < -0.3 is 0 Å². The molecule has 1 unspecified atom stereocenters. The summed E-state index contributed by atoms with van der Waals surface area (Å²) in [6.07, 6.45) is 0. The molecule has 0 bridgehead atoms. The molecule has 1 heterocycles. The normalized spacial score (nSPS) is 19.5. The lowest BCUT2D eigenvalue weighted by atomic mass is 10.2. The SMILES string of the molecule is Cl.Clc1cccc(CNC2NCCS2)c1Cl. The Kier molecular flexibility index (Phi) is 6.26. The second-order valence-corrected chi connectivity index (χ2v) is 5.30. The summed E-state index contributed by atoms with van der Waals surface area (Å²) in [5, 5.41) is 7.97. The number of hydrogen-bond acceptors (Lipinski definition) is 3. The fourth-order valence-electron chi connectivity index (χ4n) is 1.44. The maximum Gasteiger partial charge on any atom is 0.106 e. The van der Waals surface area contributed by atoms with Gasteiger partial charge in [0.05, 0.1) is 10.0 Å². The first-order valence-electron chi connectivity index (χ1n) is 4.78. The third-order valence-corrected chi connectivity index (χ3v) is 4.19. The highest BCUT2D eigenvalue weighted by Gasteiger charge is 2.14. The zero-order valence-electron chi connectivity index (χ0n) is 8.50. The third-order valence-electron chi connectivity index (χ3n) is 2.23. The number of rotatable bonds is 3. The van der Waals surface area contributed by atoms with Gasteiger partial charge in [-0.2, -0.15) is 0 Å². The molecule has 1 saturated heterocycles. The first kappa shape index (κ1) is 14.4. The van der Waals surface area contributed by atoms with Crippen LogP contribution in [0.3, 0.4) is 0 Å². The van der Waals surface area contributed by atoms with Crippen molar-refractivity contribution >= 4 is 47.4 Å². The topological polar surface area (TPSA) is 24.1 Å². The van der Waals surface area contributed by atoms with E-state index in [0.29, 0.717) is 15.5 Å². The largest absolute Gasteiger partial charge is 0.293 e. The number of nitrogens with one attached hydrogen (secondary N) is 2. The van der Waals surface area contributed by atoms with Crippen molar-refractivity contribution in [2.24, 2.45) is 0 Å². The average Bonchev–Trinajstić information content (AvgIpc) is 2.73. The molecule has 0 radical (unpaired) electrons. The van der Waals surface area contributed by atoms with Gasteiger partial charge in [0.25, 0.3) is 0 Å². The van der Waals surface area contributed by atoms with E-state index >= 15 is 0 Å². The van der Waals surface area contributed by atoms with Gasteiger partial charge in [-0.3, -0.25) is 10.6 Å². The Balaban J connectivity index is 0.00000128. The zero-order chi connectivity index (χ0) is 10.7. The van der Waals surface area contributed by atoms with Gasteiger partial charge in [-0.25, -0.2) is 0 Å². The Morgan fingerprint density at radius 1 is 1.44 bits per heavy atom. The third kappa shape index (κ3) is 3.69. The Labute approximate surface area is 116 Å². The molecule has 0 saturated carbocycles. The van der Waals surface area contributed by atoms with Crippen LogP contribution in [0, 0.1) is 0 Å². The minimum atomic E-state index is 0. The van der Waals surface area contributed by atoms with Crippen LogP contribution in [0.4, 0.5) is 0 Å². The predicted octanol–water partition coefficient (Wildman–Crippen LogP) is 3.12. The molecule has 1 atom stereocenters. The average molecular weight is 300 g/mol. The molecule has 1 aliphatic rings. The number of thioether (sulfide) groups is 1. The van der Waals surface area contributed by atoms with Gasteiger partial charge in [0.2, 0.25) is 0 Å². The van der Waals surface area contributed by atoms with Gasteiger partial charge in [0.1, 0.15) is 5.50 Å². The minimum absolute atomic E-state index is 0. The first-order valence-corrected chi connectivity index (χ1v) is 6.59. The summed E-state index contributed by atoms with van der Waals surface area (Å²) in [5.41, 5.74) is 1.37. The number of benzene rings is 1. The van der Waals surface area contributed by atoms with Crippen molar-refractivity contribution in [3.63, 3.8) is 0 Å². The molecule has 0 spiro atoms. The molecule has 1 aliphatic heterocycles. The van der Waals surface area contributed by atoms with Crippen molar-refractivity contribution in [3.8, 4) is 0 Å². The van der Waals surface area contributed by atoms with E-state index in [4.69, 9.17) is 23.2 Å². The van der Waals surface area contributed by atoms with E-state index < -0.39 is 0 Å². The fourth-order valence-corrected chi connectivity index (χ4v) is 2.74. The van der Waals surface area contributed by atoms with E-state index in [1.165, 1.54) is 0 Å². The van der Waals surface area contributed by atoms with Gasteiger partial charge in [-0.15, -0.1) is 24.2 Å². The summed E-state index contributed by atoms with van der Waals surface area (Å²) in [7, 11) is 0. The molecule has 1 aromatic rings. The molecule has 0 aromatic heterocycles. The Morgan fingerprint density at radius 3 is 2.94 bits per heavy atom. The standard InChI is InChI=1S/C10H12Cl2N2S.ClH/c11-8-3-1-2-7(9(8)12)6-14-10-13-4-5-15-10;/h1-3,10,13-14H,4-6H2;1H. The van der Waals surface area contributed by atoms with E-state index in [9.17, 15) is 0 Å². The van der Waals surface area contributed by atoms with Crippen molar-refractivity contribution in [1.29, 1.82) is 0 Å². The van der Waals surface area contributed by atoms with E-state index in [2.05, 4.69) is 10.6 Å². The van der Waals surface area contributed by atoms with Gasteiger partial charge in [0.15, 0.2) is 0 Å². The quantitative estimate of drug-likeness (QED) is 0.897. The van der Waals surface area contributed by atoms with Crippen LogP contribution in [0.2, 0.25) is 10.0 Å². The van der Waals surface area contributed by atoms with Gasteiger partial charge in [-0.05, 0) is 11.6 Å². The molecule has 1 fully saturated rings. The Morgan fingerprint density at radius 2 is 2.25 bits per heavy atom. The van der Waals surface area contributed by atoms with Crippen LogP contribution in [0.15, 0.2) is 18.2 Å². The van der Waals surface area contributed by atoms with E-state index in [1.807, 2.05) is 23.9 Å². The molecule has 90 valence electrons. The molecular formula is C10H13Cl3N2S. The predicted molar refractivity (Wildman–Crippen MR) is 74.8 cm³/mol. The fraction of sp³-hybridized carbons (Fsp3) is 0.400. The van der Waals surface area contributed by atoms with Crippen LogP contribution in [0.5, 0.6) is 0 Å². The van der Waals surface area contributed by atoms with Crippen LogP contribution in [0.1, 0.15) is 5.56 Å². The summed E-state index contributed by atoms with van der Waals surface area (Å²) in [6, 6.07) is 5.71. The lowest BCUT2D eigenvalue weighted by molar-refractivity contribution is 0.579. The highest BCUT2D eigenvalue weighted by atomic mass is 35.5. The van der Waals surface area contributed by atoms with Gasteiger partial charge >= 0.3 is 0 Å². The molecule has 16 heavy (non-hydrogen) atoms. The van der Waals surface area contributed by atoms with Gasteiger partial charge in [0, 0.05) is 18.8 Å². The molecule has 2 rings (SSSR count). The van der Waals surface area contributed by atoms with Crippen molar-refractivity contribution in [2.75, 3.05) is 12.3 Å². The molecule has 6 heteroatoms. The van der Waals surface area contributed by atoms with Crippen LogP contribution in [-0.2, 0) is 6.54 Å². The molecule has 2 nitrogen and oxygen atoms in total. The van der Waals surface area contributed by atoms with Gasteiger partial charge in [-0.1, -0.05) is 35.3 Å². The highest BCUT2D eigenvalue weighted by molar-refractivity contribution is 8.00. The molecule has 0 aliphatic carbocycles. The molecule has 2 N–H and O–H groups in total. The maximum atomic E-state index is 6.08. The lowest BCUT2D eigenvalue weighted by Gasteiger charge is -2.13. The summed E-state index contributed by atoms with van der Waals surface area (Å²) in [5.74, 6) is 1.15. The highest BCUT2D eigenvalue weighted by Crippen LogP contribution is 2.25. The summed E-state index contributed by atoms with van der Waals surface area (Å²) in [6.45, 7) is 1.80. The van der Waals surface area contributed by atoms with Crippen molar-refractivity contribution in [3.05, 3.63) is 33.8 Å². The molecule has 0 amide bonds. The summed E-state index contributed by atoms with van der Waals surface area (Å²) >= 11 is 13.9. The summed E-state index contributed by atoms with van der Waals surface area (Å²) in [4.78, 5) is 0. The second kappa shape index (κ2) is 6.94. The zero-order valence-corrected chi connectivity index (χ0v) is 11.6. The smallest absolute Gasteiger partial charge is 0.106 e. The minimum Gasteiger partial charge on any atom is -0.293 e.